The van der Waals surface area contributed by atoms with Crippen molar-refractivity contribution in [3.63, 3.8) is 0 Å². The lowest BCUT2D eigenvalue weighted by atomic mass is 10.1. The van der Waals surface area contributed by atoms with Gasteiger partial charge in [0.25, 0.3) is 0 Å². The molecule has 0 radical (unpaired) electrons. The van der Waals surface area contributed by atoms with Crippen LogP contribution in [0.15, 0.2) is 53.0 Å². The third-order valence-corrected chi connectivity index (χ3v) is 6.47. The minimum atomic E-state index is -0.542. The van der Waals surface area contributed by atoms with Crippen LogP contribution in [-0.4, -0.2) is 42.5 Å². The van der Waals surface area contributed by atoms with E-state index in [1.54, 1.807) is 12.0 Å². The predicted octanol–water partition coefficient (Wildman–Crippen LogP) is 5.09. The second-order valence-electron chi connectivity index (χ2n) is 8.45. The SMILES string of the molecule is COc1ccc(OCCCC(=O)N(Cc2cccc(Br)c2)[C@H](C)C(=O)NC2CCCC2)cc1. The van der Waals surface area contributed by atoms with E-state index in [0.717, 1.165) is 47.2 Å². The molecule has 7 heteroatoms. The maximum Gasteiger partial charge on any atom is 0.242 e. The summed E-state index contributed by atoms with van der Waals surface area (Å²) in [5, 5.41) is 3.13. The van der Waals surface area contributed by atoms with Crippen LogP contribution in [0.25, 0.3) is 0 Å². The fourth-order valence-corrected chi connectivity index (χ4v) is 4.48. The molecule has 2 amide bonds. The van der Waals surface area contributed by atoms with E-state index in [9.17, 15) is 9.59 Å². The first-order valence-corrected chi connectivity index (χ1v) is 12.4. The van der Waals surface area contributed by atoms with E-state index >= 15 is 0 Å². The summed E-state index contributed by atoms with van der Waals surface area (Å²) >= 11 is 3.49. The van der Waals surface area contributed by atoms with Gasteiger partial charge in [0, 0.05) is 23.5 Å². The Balaban J connectivity index is 1.58. The molecule has 0 aromatic heterocycles. The van der Waals surface area contributed by atoms with Crippen LogP contribution < -0.4 is 14.8 Å². The van der Waals surface area contributed by atoms with E-state index in [1.165, 1.54) is 0 Å². The largest absolute Gasteiger partial charge is 0.497 e. The van der Waals surface area contributed by atoms with Gasteiger partial charge in [-0.3, -0.25) is 9.59 Å². The molecule has 6 nitrogen and oxygen atoms in total. The molecule has 1 fully saturated rings. The maximum atomic E-state index is 13.2. The van der Waals surface area contributed by atoms with Crippen molar-refractivity contribution >= 4 is 27.7 Å². The highest BCUT2D eigenvalue weighted by atomic mass is 79.9. The van der Waals surface area contributed by atoms with Crippen LogP contribution in [0.4, 0.5) is 0 Å². The monoisotopic (exact) mass is 516 g/mol. The van der Waals surface area contributed by atoms with E-state index in [2.05, 4.69) is 21.2 Å². The van der Waals surface area contributed by atoms with E-state index in [-0.39, 0.29) is 17.9 Å². The Kier molecular flexibility index (Phi) is 9.61. The van der Waals surface area contributed by atoms with Crippen LogP contribution in [0.1, 0.15) is 51.0 Å². The number of carbonyl (C=O) groups is 2. The van der Waals surface area contributed by atoms with Crippen LogP contribution in [0.3, 0.4) is 0 Å². The van der Waals surface area contributed by atoms with Crippen LogP contribution in [0.5, 0.6) is 11.5 Å². The minimum absolute atomic E-state index is 0.0534. The molecule has 0 bridgehead atoms. The van der Waals surface area contributed by atoms with Crippen molar-refractivity contribution in [2.75, 3.05) is 13.7 Å². The average molecular weight is 517 g/mol. The molecule has 1 saturated carbocycles. The van der Waals surface area contributed by atoms with Crippen molar-refractivity contribution in [2.24, 2.45) is 0 Å². The summed E-state index contributed by atoms with van der Waals surface area (Å²) in [6.45, 7) is 2.62. The lowest BCUT2D eigenvalue weighted by molar-refractivity contribution is -0.141. The van der Waals surface area contributed by atoms with Gasteiger partial charge in [-0.1, -0.05) is 40.9 Å². The molecule has 1 atom stereocenters. The Labute approximate surface area is 204 Å². The highest BCUT2D eigenvalue weighted by Crippen LogP contribution is 2.20. The van der Waals surface area contributed by atoms with Crippen LogP contribution in [0, 0.1) is 0 Å². The maximum absolute atomic E-state index is 13.2. The van der Waals surface area contributed by atoms with E-state index < -0.39 is 6.04 Å². The number of ether oxygens (including phenoxy) is 2. The zero-order valence-electron chi connectivity index (χ0n) is 19.4. The molecule has 1 aliphatic carbocycles. The van der Waals surface area contributed by atoms with Crippen molar-refractivity contribution in [1.82, 2.24) is 10.2 Å². The van der Waals surface area contributed by atoms with Crippen molar-refractivity contribution in [3.05, 3.63) is 58.6 Å². The van der Waals surface area contributed by atoms with Crippen molar-refractivity contribution < 1.29 is 19.1 Å². The first kappa shape index (κ1) is 25.1. The zero-order chi connectivity index (χ0) is 23.6. The smallest absolute Gasteiger partial charge is 0.242 e. The van der Waals surface area contributed by atoms with Gasteiger partial charge in [0.15, 0.2) is 0 Å². The first-order chi connectivity index (χ1) is 16.0. The molecular formula is C26H33BrN2O4. The number of nitrogens with one attached hydrogen (secondary N) is 1. The molecule has 2 aromatic rings. The van der Waals surface area contributed by atoms with Gasteiger partial charge in [-0.05, 0) is 68.1 Å². The normalized spacial score (nSPS) is 14.5. The molecule has 1 aliphatic rings. The van der Waals surface area contributed by atoms with Gasteiger partial charge in [0.2, 0.25) is 11.8 Å². The fraction of sp³-hybridized carbons (Fsp3) is 0.462. The molecule has 0 heterocycles. The minimum Gasteiger partial charge on any atom is -0.497 e. The van der Waals surface area contributed by atoms with Gasteiger partial charge in [-0.25, -0.2) is 0 Å². The van der Waals surface area contributed by atoms with Gasteiger partial charge in [0.05, 0.1) is 13.7 Å². The molecule has 3 rings (SSSR count). The number of hydrogen-bond donors (Lipinski definition) is 1. The van der Waals surface area contributed by atoms with Crippen LogP contribution in [-0.2, 0) is 16.1 Å². The number of benzene rings is 2. The molecular weight excluding hydrogens is 484 g/mol. The molecule has 0 aliphatic heterocycles. The Morgan fingerprint density at radius 3 is 2.48 bits per heavy atom. The summed E-state index contributed by atoms with van der Waals surface area (Å²) in [4.78, 5) is 27.8. The topological polar surface area (TPSA) is 67.9 Å². The van der Waals surface area contributed by atoms with Crippen molar-refractivity contribution in [3.8, 4) is 11.5 Å². The van der Waals surface area contributed by atoms with E-state index in [0.29, 0.717) is 26.0 Å². The van der Waals surface area contributed by atoms with Crippen LogP contribution >= 0.6 is 15.9 Å². The number of hydrogen-bond acceptors (Lipinski definition) is 4. The molecule has 178 valence electrons. The Bertz CT molecular complexity index is 913. The summed E-state index contributed by atoms with van der Waals surface area (Å²) in [7, 11) is 1.62. The fourth-order valence-electron chi connectivity index (χ4n) is 4.04. The van der Waals surface area contributed by atoms with Gasteiger partial charge in [0.1, 0.15) is 17.5 Å². The van der Waals surface area contributed by atoms with Crippen molar-refractivity contribution in [2.45, 2.75) is 64.1 Å². The molecule has 0 saturated heterocycles. The first-order valence-electron chi connectivity index (χ1n) is 11.6. The third-order valence-electron chi connectivity index (χ3n) is 5.97. The molecule has 33 heavy (non-hydrogen) atoms. The Morgan fingerprint density at radius 1 is 1.12 bits per heavy atom. The lowest BCUT2D eigenvalue weighted by Crippen LogP contribution is -2.49. The summed E-state index contributed by atoms with van der Waals surface area (Å²) in [6, 6.07) is 14.9. The summed E-state index contributed by atoms with van der Waals surface area (Å²) in [6.07, 6.45) is 5.20. The lowest BCUT2D eigenvalue weighted by Gasteiger charge is -2.30. The van der Waals surface area contributed by atoms with Gasteiger partial charge in [-0.15, -0.1) is 0 Å². The second-order valence-corrected chi connectivity index (χ2v) is 9.36. The summed E-state index contributed by atoms with van der Waals surface area (Å²) in [5.41, 5.74) is 0.979. The summed E-state index contributed by atoms with van der Waals surface area (Å²) < 4.78 is 11.9. The number of halogens is 1. The van der Waals surface area contributed by atoms with E-state index in [4.69, 9.17) is 9.47 Å². The highest BCUT2D eigenvalue weighted by molar-refractivity contribution is 9.10. The van der Waals surface area contributed by atoms with Crippen LogP contribution in [0.2, 0.25) is 0 Å². The number of methoxy groups -OCH3 is 1. The summed E-state index contributed by atoms with van der Waals surface area (Å²) in [5.74, 6) is 1.37. The molecule has 0 unspecified atom stereocenters. The van der Waals surface area contributed by atoms with Crippen molar-refractivity contribution in [1.29, 1.82) is 0 Å². The Hall–Kier alpha value is -2.54. The number of amides is 2. The molecule has 2 aromatic carbocycles. The van der Waals surface area contributed by atoms with Gasteiger partial charge >= 0.3 is 0 Å². The second kappa shape index (κ2) is 12.6. The third kappa shape index (κ3) is 7.77. The number of carbonyl (C=O) groups excluding carboxylic acids is 2. The quantitative estimate of drug-likeness (QED) is 0.422. The number of rotatable bonds is 11. The predicted molar refractivity (Wildman–Crippen MR) is 132 cm³/mol. The molecule has 0 spiro atoms. The molecule has 1 N–H and O–H groups in total. The van der Waals surface area contributed by atoms with Gasteiger partial charge in [-0.2, -0.15) is 0 Å². The van der Waals surface area contributed by atoms with E-state index in [1.807, 2.05) is 55.5 Å². The average Bonchev–Trinajstić information content (AvgIpc) is 3.33. The zero-order valence-corrected chi connectivity index (χ0v) is 21.0. The highest BCUT2D eigenvalue weighted by Gasteiger charge is 2.28. The number of nitrogens with zero attached hydrogens (tertiary/aromatic N) is 1. The Morgan fingerprint density at radius 2 is 1.82 bits per heavy atom. The van der Waals surface area contributed by atoms with Gasteiger partial charge < -0.3 is 19.7 Å². The standard InChI is InChI=1S/C26H33BrN2O4/c1-19(26(31)28-22-9-3-4-10-22)29(18-20-7-5-8-21(27)17-20)25(30)11-6-16-33-24-14-12-23(32-2)13-15-24/h5,7-8,12-15,17,19,22H,3-4,6,9-11,16,18H2,1-2H3,(H,28,31)/t19-/m1/s1.